The van der Waals surface area contributed by atoms with Gasteiger partial charge < -0.3 is 14.8 Å². The van der Waals surface area contributed by atoms with Gasteiger partial charge in [0.05, 0.1) is 6.61 Å². The topological polar surface area (TPSA) is 30.5 Å². The molecule has 2 aliphatic rings. The van der Waals surface area contributed by atoms with Gasteiger partial charge >= 0.3 is 0 Å². The molecule has 0 saturated carbocycles. The summed E-state index contributed by atoms with van der Waals surface area (Å²) in [4.78, 5) is 0. The molecule has 2 aliphatic heterocycles. The van der Waals surface area contributed by atoms with Gasteiger partial charge in [-0.2, -0.15) is 0 Å². The first-order valence-corrected chi connectivity index (χ1v) is 5.37. The van der Waals surface area contributed by atoms with Crippen LogP contribution in [0, 0.1) is 0 Å². The Kier molecular flexibility index (Phi) is 3.58. The Bertz CT molecular complexity index is 138. The molecule has 0 aromatic carbocycles. The number of ether oxygens (including phenoxy) is 2. The fourth-order valence-electron chi connectivity index (χ4n) is 2.07. The summed E-state index contributed by atoms with van der Waals surface area (Å²) in [5, 5.41) is 3.65. The lowest BCUT2D eigenvalue weighted by molar-refractivity contribution is 0.141. The van der Waals surface area contributed by atoms with Gasteiger partial charge in [-0.05, 0) is 25.7 Å². The Morgan fingerprint density at radius 1 is 0.846 bits per heavy atom. The number of rotatable bonds is 2. The van der Waals surface area contributed by atoms with Gasteiger partial charge in [0, 0.05) is 31.9 Å². The maximum Gasteiger partial charge on any atom is 0.0620 e. The molecule has 3 heteroatoms. The van der Waals surface area contributed by atoms with Crippen LogP contribution in [0.2, 0.25) is 0 Å². The minimum atomic E-state index is 0.600. The molecule has 0 radical (unpaired) electrons. The third kappa shape index (κ3) is 2.93. The molecule has 2 unspecified atom stereocenters. The van der Waals surface area contributed by atoms with Crippen LogP contribution in [-0.4, -0.2) is 38.5 Å². The summed E-state index contributed by atoms with van der Waals surface area (Å²) < 4.78 is 10.8. The zero-order valence-corrected chi connectivity index (χ0v) is 8.13. The maximum atomic E-state index is 5.42. The molecule has 2 heterocycles. The van der Waals surface area contributed by atoms with E-state index in [1.54, 1.807) is 0 Å². The standard InChI is InChI=1S/C10H19NO2/c1-2-9(3-6-12-5-1)11-10-4-7-13-8-10/h9-11H,1-8H2. The Morgan fingerprint density at radius 2 is 1.69 bits per heavy atom. The zero-order valence-electron chi connectivity index (χ0n) is 8.13. The van der Waals surface area contributed by atoms with E-state index in [2.05, 4.69) is 5.32 Å². The van der Waals surface area contributed by atoms with Gasteiger partial charge in [-0.3, -0.25) is 0 Å². The molecule has 0 bridgehead atoms. The summed E-state index contributed by atoms with van der Waals surface area (Å²) in [6.07, 6.45) is 4.80. The molecular weight excluding hydrogens is 166 g/mol. The van der Waals surface area contributed by atoms with E-state index in [-0.39, 0.29) is 0 Å². The van der Waals surface area contributed by atoms with Crippen LogP contribution in [0.25, 0.3) is 0 Å². The summed E-state index contributed by atoms with van der Waals surface area (Å²) >= 11 is 0. The molecular formula is C10H19NO2. The van der Waals surface area contributed by atoms with Gasteiger partial charge in [-0.15, -0.1) is 0 Å². The van der Waals surface area contributed by atoms with Crippen LogP contribution >= 0.6 is 0 Å². The van der Waals surface area contributed by atoms with E-state index in [1.807, 2.05) is 0 Å². The highest BCUT2D eigenvalue weighted by Crippen LogP contribution is 2.12. The van der Waals surface area contributed by atoms with Crippen molar-refractivity contribution in [2.45, 2.75) is 37.8 Å². The van der Waals surface area contributed by atoms with Gasteiger partial charge in [0.25, 0.3) is 0 Å². The monoisotopic (exact) mass is 185 g/mol. The molecule has 0 spiro atoms. The molecule has 0 amide bonds. The first-order chi connectivity index (χ1) is 6.45. The summed E-state index contributed by atoms with van der Waals surface area (Å²) in [7, 11) is 0. The quantitative estimate of drug-likeness (QED) is 0.694. The zero-order chi connectivity index (χ0) is 8.93. The van der Waals surface area contributed by atoms with Crippen LogP contribution in [0.5, 0.6) is 0 Å². The highest BCUT2D eigenvalue weighted by atomic mass is 16.5. The van der Waals surface area contributed by atoms with Crippen molar-refractivity contribution >= 4 is 0 Å². The van der Waals surface area contributed by atoms with Crippen LogP contribution in [0.3, 0.4) is 0 Å². The van der Waals surface area contributed by atoms with Crippen LogP contribution in [0.4, 0.5) is 0 Å². The number of hydrogen-bond donors (Lipinski definition) is 1. The van der Waals surface area contributed by atoms with Crippen molar-refractivity contribution in [2.75, 3.05) is 26.4 Å². The van der Waals surface area contributed by atoms with Crippen molar-refractivity contribution in [3.05, 3.63) is 0 Å². The smallest absolute Gasteiger partial charge is 0.0620 e. The van der Waals surface area contributed by atoms with Crippen molar-refractivity contribution in [3.63, 3.8) is 0 Å². The molecule has 0 aromatic rings. The first-order valence-electron chi connectivity index (χ1n) is 5.37. The van der Waals surface area contributed by atoms with Crippen LogP contribution in [0.1, 0.15) is 25.7 Å². The molecule has 2 saturated heterocycles. The van der Waals surface area contributed by atoms with Gasteiger partial charge in [-0.25, -0.2) is 0 Å². The number of nitrogens with one attached hydrogen (secondary N) is 1. The average Bonchev–Trinajstić information content (AvgIpc) is 2.49. The highest BCUT2D eigenvalue weighted by Gasteiger charge is 2.20. The second kappa shape index (κ2) is 4.94. The van der Waals surface area contributed by atoms with E-state index in [0.29, 0.717) is 12.1 Å². The molecule has 76 valence electrons. The first kappa shape index (κ1) is 9.44. The molecule has 1 N–H and O–H groups in total. The Hall–Kier alpha value is -0.120. The van der Waals surface area contributed by atoms with E-state index < -0.39 is 0 Å². The summed E-state index contributed by atoms with van der Waals surface area (Å²) in [5.74, 6) is 0. The molecule has 0 aliphatic carbocycles. The third-order valence-electron chi connectivity index (χ3n) is 2.85. The summed E-state index contributed by atoms with van der Waals surface area (Å²) in [6.45, 7) is 3.70. The summed E-state index contributed by atoms with van der Waals surface area (Å²) in [6, 6.07) is 1.26. The minimum Gasteiger partial charge on any atom is -0.381 e. The minimum absolute atomic E-state index is 0.600. The lowest BCUT2D eigenvalue weighted by Crippen LogP contribution is -2.38. The lowest BCUT2D eigenvalue weighted by atomic mass is 10.1. The van der Waals surface area contributed by atoms with Crippen molar-refractivity contribution < 1.29 is 9.47 Å². The SMILES string of the molecule is C1COCCC(NC2CCOC2)C1. The predicted octanol–water partition coefficient (Wildman–Crippen LogP) is 0.934. The van der Waals surface area contributed by atoms with Crippen molar-refractivity contribution in [3.8, 4) is 0 Å². The largest absolute Gasteiger partial charge is 0.381 e. The van der Waals surface area contributed by atoms with Crippen LogP contribution in [-0.2, 0) is 9.47 Å². The Labute approximate surface area is 79.8 Å². The normalized spacial score (nSPS) is 36.0. The molecule has 3 nitrogen and oxygen atoms in total. The summed E-state index contributed by atoms with van der Waals surface area (Å²) in [5.41, 5.74) is 0. The van der Waals surface area contributed by atoms with E-state index >= 15 is 0 Å². The lowest BCUT2D eigenvalue weighted by Gasteiger charge is -2.19. The fourth-order valence-corrected chi connectivity index (χ4v) is 2.07. The Morgan fingerprint density at radius 3 is 2.54 bits per heavy atom. The molecule has 2 fully saturated rings. The van der Waals surface area contributed by atoms with Gasteiger partial charge in [0.2, 0.25) is 0 Å². The van der Waals surface area contributed by atoms with E-state index in [1.165, 1.54) is 19.3 Å². The van der Waals surface area contributed by atoms with Crippen molar-refractivity contribution in [2.24, 2.45) is 0 Å². The Balaban J connectivity index is 1.71. The van der Waals surface area contributed by atoms with Gasteiger partial charge in [-0.1, -0.05) is 0 Å². The fraction of sp³-hybridized carbons (Fsp3) is 1.00. The average molecular weight is 185 g/mol. The maximum absolute atomic E-state index is 5.42. The second-order valence-electron chi connectivity index (χ2n) is 3.97. The molecule has 2 atom stereocenters. The van der Waals surface area contributed by atoms with Crippen LogP contribution < -0.4 is 5.32 Å². The van der Waals surface area contributed by atoms with E-state index in [4.69, 9.17) is 9.47 Å². The van der Waals surface area contributed by atoms with E-state index in [9.17, 15) is 0 Å². The second-order valence-corrected chi connectivity index (χ2v) is 3.97. The molecule has 13 heavy (non-hydrogen) atoms. The highest BCUT2D eigenvalue weighted by molar-refractivity contribution is 4.78. The van der Waals surface area contributed by atoms with Crippen molar-refractivity contribution in [1.29, 1.82) is 0 Å². The van der Waals surface area contributed by atoms with Gasteiger partial charge in [0.1, 0.15) is 0 Å². The third-order valence-corrected chi connectivity index (χ3v) is 2.85. The van der Waals surface area contributed by atoms with E-state index in [0.717, 1.165) is 32.8 Å². The molecule has 0 aromatic heterocycles. The van der Waals surface area contributed by atoms with Crippen LogP contribution in [0.15, 0.2) is 0 Å². The number of hydrogen-bond acceptors (Lipinski definition) is 3. The predicted molar refractivity (Wildman–Crippen MR) is 50.8 cm³/mol. The molecule has 2 rings (SSSR count). The van der Waals surface area contributed by atoms with Crippen molar-refractivity contribution in [1.82, 2.24) is 5.32 Å². The van der Waals surface area contributed by atoms with Gasteiger partial charge in [0.15, 0.2) is 0 Å².